The minimum atomic E-state index is -0.302. The fourth-order valence-corrected chi connectivity index (χ4v) is 3.57. The van der Waals surface area contributed by atoms with E-state index in [1.807, 2.05) is 24.5 Å². The van der Waals surface area contributed by atoms with Gasteiger partial charge in [0, 0.05) is 31.7 Å². The zero-order chi connectivity index (χ0) is 18.0. The molecular weight excluding hydrogens is 330 g/mol. The number of hydrogen-bond acceptors (Lipinski definition) is 6. The van der Waals surface area contributed by atoms with E-state index in [9.17, 15) is 4.79 Å². The van der Waals surface area contributed by atoms with Gasteiger partial charge >= 0.3 is 0 Å². The zero-order valence-corrected chi connectivity index (χ0v) is 15.0. The monoisotopic (exact) mass is 353 g/mol. The third-order valence-electron chi connectivity index (χ3n) is 5.26. The van der Waals surface area contributed by atoms with Crippen molar-refractivity contribution >= 4 is 17.5 Å². The van der Waals surface area contributed by atoms with Crippen molar-refractivity contribution in [2.45, 2.75) is 31.8 Å². The molecule has 0 unspecified atom stereocenters. The summed E-state index contributed by atoms with van der Waals surface area (Å²) < 4.78 is 6.01. The highest BCUT2D eigenvalue weighted by Crippen LogP contribution is 2.33. The van der Waals surface area contributed by atoms with Crippen molar-refractivity contribution in [1.29, 1.82) is 0 Å². The molecule has 4 rings (SSSR count). The predicted molar refractivity (Wildman–Crippen MR) is 98.1 cm³/mol. The molecule has 0 atom stereocenters. The number of aryl methyl sites for hydroxylation is 1. The molecule has 0 saturated carbocycles. The summed E-state index contributed by atoms with van der Waals surface area (Å²) in [6.07, 6.45) is 9.86. The summed E-state index contributed by atoms with van der Waals surface area (Å²) in [5, 5.41) is 0. The van der Waals surface area contributed by atoms with Crippen molar-refractivity contribution in [3.8, 4) is 0 Å². The van der Waals surface area contributed by atoms with Gasteiger partial charge in [0.1, 0.15) is 6.61 Å². The average Bonchev–Trinajstić information content (AvgIpc) is 2.71. The molecule has 1 amide bonds. The number of anilines is 2. The molecule has 2 fully saturated rings. The topological polar surface area (TPSA) is 71.5 Å². The third kappa shape index (κ3) is 3.26. The van der Waals surface area contributed by atoms with Crippen LogP contribution in [0.25, 0.3) is 0 Å². The van der Waals surface area contributed by atoms with Gasteiger partial charge < -0.3 is 14.5 Å². The first-order chi connectivity index (χ1) is 12.7. The second-order valence-corrected chi connectivity index (χ2v) is 6.89. The van der Waals surface area contributed by atoms with E-state index in [4.69, 9.17) is 4.74 Å². The molecule has 136 valence electrons. The number of amides is 1. The maximum Gasteiger partial charge on any atom is 0.253 e. The van der Waals surface area contributed by atoms with Crippen LogP contribution in [0.4, 0.5) is 11.6 Å². The van der Waals surface area contributed by atoms with Gasteiger partial charge in [0.15, 0.2) is 0 Å². The molecule has 7 heteroatoms. The quantitative estimate of drug-likeness (QED) is 0.838. The van der Waals surface area contributed by atoms with Gasteiger partial charge in [-0.25, -0.2) is 9.97 Å². The molecule has 26 heavy (non-hydrogen) atoms. The second kappa shape index (κ2) is 6.99. The summed E-state index contributed by atoms with van der Waals surface area (Å²) >= 11 is 0. The van der Waals surface area contributed by atoms with Crippen LogP contribution in [0, 0.1) is 0 Å². The number of ether oxygens (including phenoxy) is 1. The number of pyridine rings is 1. The van der Waals surface area contributed by atoms with E-state index in [1.165, 1.54) is 0 Å². The fourth-order valence-electron chi connectivity index (χ4n) is 3.57. The maximum atomic E-state index is 12.3. The Bertz CT molecular complexity index is 757. The standard InChI is InChI=1S/C19H23N5O2/c1-2-15-10-21-18(22-11-15)23-8-5-19(6-9-23)14-24(17(25)13-26-19)16-4-3-7-20-12-16/h3-4,7,10-12H,2,5-6,8-9,13-14H2,1H3. The first kappa shape index (κ1) is 16.9. The van der Waals surface area contributed by atoms with Crippen molar-refractivity contribution in [2.24, 2.45) is 0 Å². The van der Waals surface area contributed by atoms with Crippen molar-refractivity contribution in [3.63, 3.8) is 0 Å². The lowest BCUT2D eigenvalue weighted by Gasteiger charge is -2.46. The first-order valence-corrected chi connectivity index (χ1v) is 9.09. The van der Waals surface area contributed by atoms with Gasteiger partial charge in [-0.2, -0.15) is 0 Å². The minimum Gasteiger partial charge on any atom is -0.363 e. The number of morpholine rings is 1. The van der Waals surface area contributed by atoms with Crippen LogP contribution in [-0.2, 0) is 16.0 Å². The van der Waals surface area contributed by atoms with Gasteiger partial charge in [-0.1, -0.05) is 6.92 Å². The summed E-state index contributed by atoms with van der Waals surface area (Å²) in [4.78, 5) is 29.4. The van der Waals surface area contributed by atoms with Crippen molar-refractivity contribution < 1.29 is 9.53 Å². The van der Waals surface area contributed by atoms with Crippen molar-refractivity contribution in [1.82, 2.24) is 15.0 Å². The number of rotatable bonds is 3. The Morgan fingerprint density at radius 2 is 1.96 bits per heavy atom. The fraction of sp³-hybridized carbons (Fsp3) is 0.474. The highest BCUT2D eigenvalue weighted by atomic mass is 16.5. The third-order valence-corrected chi connectivity index (χ3v) is 5.26. The van der Waals surface area contributed by atoms with Crippen molar-refractivity contribution in [2.75, 3.05) is 36.0 Å². The molecule has 2 saturated heterocycles. The molecule has 0 aliphatic carbocycles. The SMILES string of the molecule is CCc1cnc(N2CCC3(CC2)CN(c2cccnc2)C(=O)CO3)nc1. The molecule has 4 heterocycles. The molecule has 7 nitrogen and oxygen atoms in total. The molecule has 2 aliphatic heterocycles. The van der Waals surface area contributed by atoms with Gasteiger partial charge in [-0.05, 0) is 37.0 Å². The minimum absolute atomic E-state index is 0.00968. The number of aromatic nitrogens is 3. The highest BCUT2D eigenvalue weighted by Gasteiger charge is 2.43. The van der Waals surface area contributed by atoms with E-state index < -0.39 is 0 Å². The van der Waals surface area contributed by atoms with Crippen LogP contribution in [0.2, 0.25) is 0 Å². The molecule has 2 aromatic heterocycles. The Labute approximate surface area is 153 Å². The summed E-state index contributed by atoms with van der Waals surface area (Å²) in [6.45, 7) is 4.43. The number of carbonyl (C=O) groups is 1. The Morgan fingerprint density at radius 1 is 1.19 bits per heavy atom. The van der Waals surface area contributed by atoms with Gasteiger partial charge in [0.05, 0.1) is 24.0 Å². The molecule has 2 aromatic rings. The van der Waals surface area contributed by atoms with Crippen LogP contribution in [0.3, 0.4) is 0 Å². The molecule has 0 N–H and O–H groups in total. The lowest BCUT2D eigenvalue weighted by Crippen LogP contribution is -2.59. The first-order valence-electron chi connectivity index (χ1n) is 9.09. The van der Waals surface area contributed by atoms with E-state index in [0.29, 0.717) is 6.54 Å². The molecule has 2 aliphatic rings. The lowest BCUT2D eigenvalue weighted by atomic mass is 9.89. The Morgan fingerprint density at radius 3 is 2.62 bits per heavy atom. The van der Waals surface area contributed by atoms with E-state index in [1.54, 1.807) is 17.3 Å². The van der Waals surface area contributed by atoms with Crippen LogP contribution < -0.4 is 9.80 Å². The average molecular weight is 353 g/mol. The second-order valence-electron chi connectivity index (χ2n) is 6.89. The van der Waals surface area contributed by atoms with Crippen LogP contribution in [0.1, 0.15) is 25.3 Å². The smallest absolute Gasteiger partial charge is 0.253 e. The Hall–Kier alpha value is -2.54. The molecule has 0 bridgehead atoms. The number of piperidine rings is 1. The van der Waals surface area contributed by atoms with Gasteiger partial charge in [-0.15, -0.1) is 0 Å². The molecule has 0 radical (unpaired) electrons. The number of nitrogens with zero attached hydrogens (tertiary/aromatic N) is 5. The summed E-state index contributed by atoms with van der Waals surface area (Å²) in [5.41, 5.74) is 1.67. The van der Waals surface area contributed by atoms with Crippen LogP contribution >= 0.6 is 0 Å². The van der Waals surface area contributed by atoms with Gasteiger partial charge in [0.2, 0.25) is 5.95 Å². The van der Waals surface area contributed by atoms with Gasteiger partial charge in [0.25, 0.3) is 5.91 Å². The maximum absolute atomic E-state index is 12.3. The normalized spacial score (nSPS) is 19.8. The number of hydrogen-bond donors (Lipinski definition) is 0. The Kier molecular flexibility index (Phi) is 4.55. The summed E-state index contributed by atoms with van der Waals surface area (Å²) in [5.74, 6) is 0.762. The van der Waals surface area contributed by atoms with Crippen LogP contribution in [-0.4, -0.2) is 52.7 Å². The van der Waals surface area contributed by atoms with E-state index >= 15 is 0 Å². The zero-order valence-electron chi connectivity index (χ0n) is 15.0. The summed E-state index contributed by atoms with van der Waals surface area (Å²) in [7, 11) is 0. The van der Waals surface area contributed by atoms with E-state index in [-0.39, 0.29) is 18.1 Å². The lowest BCUT2D eigenvalue weighted by molar-refractivity contribution is -0.141. The highest BCUT2D eigenvalue weighted by molar-refractivity contribution is 5.95. The molecule has 0 aromatic carbocycles. The molecular formula is C19H23N5O2. The predicted octanol–water partition coefficient (Wildman–Crippen LogP) is 1.84. The largest absolute Gasteiger partial charge is 0.363 e. The number of carbonyl (C=O) groups excluding carboxylic acids is 1. The van der Waals surface area contributed by atoms with Crippen LogP contribution in [0.5, 0.6) is 0 Å². The molecule has 1 spiro atoms. The van der Waals surface area contributed by atoms with E-state index in [2.05, 4.69) is 26.8 Å². The van der Waals surface area contributed by atoms with E-state index in [0.717, 1.165) is 49.6 Å². The van der Waals surface area contributed by atoms with Gasteiger partial charge in [-0.3, -0.25) is 9.78 Å². The Balaban J connectivity index is 1.45. The van der Waals surface area contributed by atoms with Crippen molar-refractivity contribution in [3.05, 3.63) is 42.5 Å². The summed E-state index contributed by atoms with van der Waals surface area (Å²) in [6, 6.07) is 3.77. The van der Waals surface area contributed by atoms with Crippen LogP contribution in [0.15, 0.2) is 36.9 Å².